The van der Waals surface area contributed by atoms with Gasteiger partial charge in [-0.1, -0.05) is 36.4 Å². The molecule has 0 aliphatic heterocycles. The Morgan fingerprint density at radius 2 is 1.62 bits per heavy atom. The topological polar surface area (TPSA) is 52.6 Å². The normalized spacial score (nSPS) is 11.1. The molecule has 0 spiro atoms. The number of methoxy groups -OCH3 is 1. The van der Waals surface area contributed by atoms with Gasteiger partial charge in [0.05, 0.1) is 7.11 Å². The molecule has 4 rings (SSSR count). The zero-order valence-electron chi connectivity index (χ0n) is 18.0. The summed E-state index contributed by atoms with van der Waals surface area (Å²) in [6.45, 7) is 3.89. The van der Waals surface area contributed by atoms with Crippen molar-refractivity contribution in [3.63, 3.8) is 0 Å². The number of ether oxygens (including phenoxy) is 2. The number of rotatable bonds is 7. The maximum absolute atomic E-state index is 13.7. The van der Waals surface area contributed by atoms with Crippen molar-refractivity contribution in [2.75, 3.05) is 7.11 Å². The number of carbonyl (C=O) groups excluding carboxylic acids is 2. The number of aldehydes is 1. The van der Waals surface area contributed by atoms with Crippen LogP contribution in [0.5, 0.6) is 17.2 Å². The number of ketones is 1. The molecule has 0 saturated heterocycles. The molecule has 0 radical (unpaired) electrons. The second-order valence-corrected chi connectivity index (χ2v) is 8.44. The highest BCUT2D eigenvalue weighted by atomic mass is 32.1. The third-order valence-electron chi connectivity index (χ3n) is 5.23. The predicted octanol–water partition coefficient (Wildman–Crippen LogP) is 6.76. The predicted molar refractivity (Wildman–Crippen MR) is 129 cm³/mol. The molecule has 0 amide bonds. The van der Waals surface area contributed by atoms with Gasteiger partial charge in [-0.2, -0.15) is 0 Å². The van der Waals surface area contributed by atoms with Crippen molar-refractivity contribution in [1.29, 1.82) is 0 Å². The zero-order chi connectivity index (χ0) is 22.7. The van der Waals surface area contributed by atoms with Crippen LogP contribution in [-0.2, 0) is 4.79 Å². The lowest BCUT2D eigenvalue weighted by Crippen LogP contribution is -2.05. The van der Waals surface area contributed by atoms with Gasteiger partial charge in [-0.3, -0.25) is 9.59 Å². The van der Waals surface area contributed by atoms with Gasteiger partial charge >= 0.3 is 0 Å². The van der Waals surface area contributed by atoms with Crippen LogP contribution in [-0.4, -0.2) is 19.2 Å². The minimum Gasteiger partial charge on any atom is -0.497 e. The Morgan fingerprint density at radius 1 is 0.938 bits per heavy atom. The number of hydrogen-bond donors (Lipinski definition) is 0. The Labute approximate surface area is 190 Å². The van der Waals surface area contributed by atoms with Crippen LogP contribution in [0.15, 0.2) is 66.7 Å². The molecule has 0 fully saturated rings. The smallest absolute Gasteiger partial charge is 0.207 e. The highest BCUT2D eigenvalue weighted by Crippen LogP contribution is 2.43. The van der Waals surface area contributed by atoms with Crippen LogP contribution < -0.4 is 9.47 Å². The number of fused-ring (bicyclic) bond motifs is 1. The standard InChI is InChI=1S/C27H22O4S/c1-17-6-4-7-18(2)24(17)25(29)27-26(22-14-13-21(30-3)16-23(22)32-27)31-20-11-9-19(10-12-20)8-5-15-28/h4-16H,1-3H3/b8-5+. The number of thiophene rings is 1. The molecule has 0 aliphatic carbocycles. The summed E-state index contributed by atoms with van der Waals surface area (Å²) in [4.78, 5) is 24.7. The molecule has 3 aromatic carbocycles. The van der Waals surface area contributed by atoms with Crippen LogP contribution in [0.2, 0.25) is 0 Å². The number of allylic oxidation sites excluding steroid dienone is 1. The van der Waals surface area contributed by atoms with E-state index >= 15 is 0 Å². The first-order chi connectivity index (χ1) is 15.5. The van der Waals surface area contributed by atoms with Gasteiger partial charge in [0.15, 0.2) is 5.75 Å². The molecule has 4 nitrogen and oxygen atoms in total. The second kappa shape index (κ2) is 9.20. The van der Waals surface area contributed by atoms with Gasteiger partial charge in [-0.05, 0) is 66.9 Å². The Kier molecular flexibility index (Phi) is 6.19. The van der Waals surface area contributed by atoms with Gasteiger partial charge in [-0.15, -0.1) is 11.3 Å². The van der Waals surface area contributed by atoms with Crippen molar-refractivity contribution < 1.29 is 19.1 Å². The van der Waals surface area contributed by atoms with E-state index in [-0.39, 0.29) is 5.78 Å². The molecule has 0 unspecified atom stereocenters. The average molecular weight is 443 g/mol. The minimum atomic E-state index is -0.0543. The van der Waals surface area contributed by atoms with Gasteiger partial charge in [-0.25, -0.2) is 0 Å². The van der Waals surface area contributed by atoms with E-state index in [4.69, 9.17) is 9.47 Å². The van der Waals surface area contributed by atoms with Gasteiger partial charge < -0.3 is 9.47 Å². The van der Waals surface area contributed by atoms with Crippen LogP contribution >= 0.6 is 11.3 Å². The lowest BCUT2D eigenvalue weighted by Gasteiger charge is -2.11. The minimum absolute atomic E-state index is 0.0543. The monoisotopic (exact) mass is 442 g/mol. The molecule has 5 heteroatoms. The molecule has 32 heavy (non-hydrogen) atoms. The molecule has 0 bridgehead atoms. The summed E-state index contributed by atoms with van der Waals surface area (Å²) in [5.41, 5.74) is 3.45. The SMILES string of the molecule is COc1ccc2c(Oc3ccc(/C=C/C=O)cc3)c(C(=O)c3c(C)cccc3C)sc2c1. The van der Waals surface area contributed by atoms with Crippen LogP contribution in [0.1, 0.15) is 31.9 Å². The molecular weight excluding hydrogens is 420 g/mol. The summed E-state index contributed by atoms with van der Waals surface area (Å²) in [6, 6.07) is 18.9. The largest absolute Gasteiger partial charge is 0.497 e. The molecule has 0 aliphatic rings. The van der Waals surface area contributed by atoms with E-state index in [2.05, 4.69) is 0 Å². The van der Waals surface area contributed by atoms with Crippen molar-refractivity contribution >= 4 is 39.6 Å². The highest BCUT2D eigenvalue weighted by Gasteiger charge is 2.24. The molecule has 1 aromatic heterocycles. The third-order valence-corrected chi connectivity index (χ3v) is 6.37. The van der Waals surface area contributed by atoms with E-state index < -0.39 is 0 Å². The number of carbonyl (C=O) groups is 2. The fourth-order valence-corrected chi connectivity index (χ4v) is 4.74. The van der Waals surface area contributed by atoms with Gasteiger partial charge in [0.2, 0.25) is 5.78 Å². The Balaban J connectivity index is 1.82. The Bertz CT molecular complexity index is 1310. The lowest BCUT2D eigenvalue weighted by atomic mass is 9.98. The van der Waals surface area contributed by atoms with Crippen LogP contribution in [0.25, 0.3) is 16.2 Å². The fourth-order valence-electron chi connectivity index (χ4n) is 3.63. The third kappa shape index (κ3) is 4.20. The van der Waals surface area contributed by atoms with Crippen LogP contribution in [0.4, 0.5) is 0 Å². The van der Waals surface area contributed by atoms with Crippen molar-refractivity contribution in [2.24, 2.45) is 0 Å². The summed E-state index contributed by atoms with van der Waals surface area (Å²) in [5, 5.41) is 0.857. The van der Waals surface area contributed by atoms with Crippen molar-refractivity contribution in [1.82, 2.24) is 0 Å². The molecule has 0 atom stereocenters. The van der Waals surface area contributed by atoms with Crippen LogP contribution in [0.3, 0.4) is 0 Å². The summed E-state index contributed by atoms with van der Waals surface area (Å²) in [6.07, 6.45) is 3.90. The first-order valence-electron chi connectivity index (χ1n) is 10.1. The maximum atomic E-state index is 13.7. The molecular formula is C27H22O4S. The molecule has 0 saturated carbocycles. The van der Waals surface area contributed by atoms with Crippen molar-refractivity contribution in [3.05, 3.63) is 93.9 Å². The molecule has 1 heterocycles. The van der Waals surface area contributed by atoms with E-state index in [0.29, 0.717) is 21.9 Å². The highest BCUT2D eigenvalue weighted by molar-refractivity contribution is 7.21. The summed E-state index contributed by atoms with van der Waals surface area (Å²) in [7, 11) is 1.62. The quantitative estimate of drug-likeness (QED) is 0.180. The maximum Gasteiger partial charge on any atom is 0.207 e. The first kappa shape index (κ1) is 21.5. The van der Waals surface area contributed by atoms with Gasteiger partial charge in [0, 0.05) is 15.6 Å². The van der Waals surface area contributed by atoms with E-state index in [1.807, 2.05) is 74.5 Å². The number of benzene rings is 3. The number of hydrogen-bond acceptors (Lipinski definition) is 5. The van der Waals surface area contributed by atoms with Crippen molar-refractivity contribution in [3.8, 4) is 17.2 Å². The second-order valence-electron chi connectivity index (χ2n) is 7.38. The first-order valence-corrected chi connectivity index (χ1v) is 10.9. The average Bonchev–Trinajstić information content (AvgIpc) is 3.15. The van der Waals surface area contributed by atoms with E-state index in [0.717, 1.165) is 38.8 Å². The van der Waals surface area contributed by atoms with Gasteiger partial charge in [0.1, 0.15) is 22.7 Å². The Hall–Kier alpha value is -3.70. The fraction of sp³-hybridized carbons (Fsp3) is 0.111. The van der Waals surface area contributed by atoms with Crippen molar-refractivity contribution in [2.45, 2.75) is 13.8 Å². The lowest BCUT2D eigenvalue weighted by molar-refractivity contribution is -0.104. The summed E-state index contributed by atoms with van der Waals surface area (Å²) >= 11 is 1.40. The molecule has 160 valence electrons. The zero-order valence-corrected chi connectivity index (χ0v) is 18.9. The summed E-state index contributed by atoms with van der Waals surface area (Å²) in [5.74, 6) is 1.82. The number of aryl methyl sites for hydroxylation is 2. The summed E-state index contributed by atoms with van der Waals surface area (Å²) < 4.78 is 12.6. The molecule has 4 aromatic rings. The molecule has 0 N–H and O–H groups in total. The van der Waals surface area contributed by atoms with E-state index in [1.165, 1.54) is 17.4 Å². The van der Waals surface area contributed by atoms with Crippen LogP contribution in [0, 0.1) is 13.8 Å². The van der Waals surface area contributed by atoms with E-state index in [1.54, 1.807) is 13.2 Å². The van der Waals surface area contributed by atoms with Gasteiger partial charge in [0.25, 0.3) is 0 Å². The van der Waals surface area contributed by atoms with E-state index in [9.17, 15) is 9.59 Å². The Morgan fingerprint density at radius 3 is 2.28 bits per heavy atom.